The summed E-state index contributed by atoms with van der Waals surface area (Å²) in [5, 5.41) is 21.4. The summed E-state index contributed by atoms with van der Waals surface area (Å²) in [5.74, 6) is -1.36. The van der Waals surface area contributed by atoms with Crippen molar-refractivity contribution < 1.29 is 29.3 Å². The normalized spacial score (nSPS) is 31.3. The molecule has 0 aromatic heterocycles. The van der Waals surface area contributed by atoms with Crippen LogP contribution in [0.4, 0.5) is 0 Å². The molecule has 0 saturated heterocycles. The van der Waals surface area contributed by atoms with Crippen LogP contribution in [-0.2, 0) is 14.3 Å². The van der Waals surface area contributed by atoms with Crippen LogP contribution in [-0.4, -0.2) is 40.0 Å². The summed E-state index contributed by atoms with van der Waals surface area (Å²) in [4.78, 5) is 25.5. The topological polar surface area (TPSA) is 93.1 Å². The number of fused-ring (bicyclic) bond motifs is 1. The van der Waals surface area contributed by atoms with Gasteiger partial charge in [0.1, 0.15) is 18.0 Å². The number of allylic oxidation sites excluding steroid dienone is 1. The highest BCUT2D eigenvalue weighted by Crippen LogP contribution is 2.58. The summed E-state index contributed by atoms with van der Waals surface area (Å²) in [5.41, 5.74) is 0.436. The number of ether oxygens (including phenoxy) is 2. The lowest BCUT2D eigenvalue weighted by Crippen LogP contribution is -2.53. The van der Waals surface area contributed by atoms with Gasteiger partial charge in [-0.1, -0.05) is 31.9 Å². The molecule has 5 atom stereocenters. The summed E-state index contributed by atoms with van der Waals surface area (Å²) in [7, 11) is 0. The fraction of sp³-hybridized carbons (Fsp3) is 0.556. The minimum absolute atomic E-state index is 0.0679. The van der Waals surface area contributed by atoms with Gasteiger partial charge in [0, 0.05) is 23.8 Å². The van der Waals surface area contributed by atoms with Crippen LogP contribution < -0.4 is 0 Å². The minimum atomic E-state index is -1.08. The zero-order valence-electron chi connectivity index (χ0n) is 20.4. The third kappa shape index (κ3) is 5.01. The number of phenols is 1. The van der Waals surface area contributed by atoms with E-state index in [1.807, 2.05) is 47.6 Å². The Bertz CT molecular complexity index is 955. The van der Waals surface area contributed by atoms with Gasteiger partial charge in [-0.3, -0.25) is 0 Å². The Morgan fingerprint density at radius 3 is 2.33 bits per heavy atom. The molecule has 3 rings (SSSR count). The van der Waals surface area contributed by atoms with Gasteiger partial charge in [0.2, 0.25) is 0 Å². The van der Waals surface area contributed by atoms with Gasteiger partial charge in [0.05, 0.1) is 11.2 Å². The van der Waals surface area contributed by atoms with Gasteiger partial charge in [-0.05, 0) is 69.9 Å². The highest BCUT2D eigenvalue weighted by molar-refractivity contribution is 5.89. The highest BCUT2D eigenvalue weighted by Gasteiger charge is 2.63. The van der Waals surface area contributed by atoms with E-state index >= 15 is 0 Å². The number of hydrogen-bond donors (Lipinski definition) is 2. The number of aliphatic hydroxyl groups is 1. The van der Waals surface area contributed by atoms with Gasteiger partial charge in [-0.15, -0.1) is 0 Å². The summed E-state index contributed by atoms with van der Waals surface area (Å²) in [6.45, 7) is 11.6. The number of benzene rings is 1. The molecule has 2 aliphatic carbocycles. The first-order chi connectivity index (χ1) is 15.4. The predicted octanol–water partition coefficient (Wildman–Crippen LogP) is 4.95. The molecule has 180 valence electrons. The first-order valence-electron chi connectivity index (χ1n) is 11.6. The third-order valence-electron chi connectivity index (χ3n) is 7.30. The van der Waals surface area contributed by atoms with E-state index in [1.165, 1.54) is 30.3 Å². The molecule has 0 amide bonds. The van der Waals surface area contributed by atoms with Crippen LogP contribution >= 0.6 is 0 Å². The second-order valence-electron chi connectivity index (χ2n) is 10.4. The van der Waals surface area contributed by atoms with Gasteiger partial charge in [0.15, 0.2) is 0 Å². The van der Waals surface area contributed by atoms with Gasteiger partial charge in [0.25, 0.3) is 0 Å². The monoisotopic (exact) mass is 456 g/mol. The second kappa shape index (κ2) is 9.34. The smallest absolute Gasteiger partial charge is 0.338 e. The Kier molecular flexibility index (Phi) is 7.08. The van der Waals surface area contributed by atoms with E-state index in [0.29, 0.717) is 24.8 Å². The molecule has 1 aromatic rings. The molecule has 0 radical (unpaired) electrons. The minimum Gasteiger partial charge on any atom is -0.508 e. The highest BCUT2D eigenvalue weighted by atomic mass is 16.6. The van der Waals surface area contributed by atoms with Crippen LogP contribution in [0.5, 0.6) is 5.75 Å². The van der Waals surface area contributed by atoms with Crippen molar-refractivity contribution >= 4 is 11.9 Å². The quantitative estimate of drug-likeness (QED) is 0.370. The second-order valence-corrected chi connectivity index (χ2v) is 10.4. The molecule has 6 heteroatoms. The Morgan fingerprint density at radius 1 is 1.12 bits per heavy atom. The number of aromatic hydroxyl groups is 1. The van der Waals surface area contributed by atoms with Crippen molar-refractivity contribution in [2.24, 2.45) is 17.3 Å². The van der Waals surface area contributed by atoms with E-state index in [4.69, 9.17) is 9.47 Å². The molecule has 6 nitrogen and oxygen atoms in total. The molecule has 33 heavy (non-hydrogen) atoms. The van der Waals surface area contributed by atoms with Gasteiger partial charge in [-0.25, -0.2) is 9.59 Å². The maximum absolute atomic E-state index is 13.0. The van der Waals surface area contributed by atoms with Crippen molar-refractivity contribution in [1.82, 2.24) is 0 Å². The van der Waals surface area contributed by atoms with E-state index in [2.05, 4.69) is 0 Å². The number of esters is 2. The van der Waals surface area contributed by atoms with Crippen molar-refractivity contribution in [1.29, 1.82) is 0 Å². The van der Waals surface area contributed by atoms with E-state index < -0.39 is 41.1 Å². The fourth-order valence-corrected chi connectivity index (χ4v) is 5.49. The molecular formula is C27H36O6. The molecule has 1 aromatic carbocycles. The third-order valence-corrected chi connectivity index (χ3v) is 7.30. The SMILES string of the molecule is CC(C)=CC(=O)OC1C=C(C)CC(OC(=O)c2ccc(O)cc2)C2C1(C)CCC2(O)C(C)C. The standard InChI is InChI=1S/C27H36O6/c1-16(2)13-23(29)33-22-15-18(5)14-21(32-25(30)19-7-9-20(28)10-8-19)24-26(22,6)11-12-27(24,31)17(3)4/h7-10,13,15,17,21-22,24,28,31H,11-12,14H2,1-6H3. The lowest BCUT2D eigenvalue weighted by atomic mass is 9.66. The maximum Gasteiger partial charge on any atom is 0.338 e. The first kappa shape index (κ1) is 25.0. The zero-order chi connectivity index (χ0) is 24.6. The molecule has 1 fully saturated rings. The zero-order valence-corrected chi connectivity index (χ0v) is 20.4. The molecule has 1 saturated carbocycles. The Labute approximate surface area is 196 Å². The van der Waals surface area contributed by atoms with Crippen molar-refractivity contribution in [2.75, 3.05) is 0 Å². The molecule has 0 spiro atoms. The van der Waals surface area contributed by atoms with E-state index in [1.54, 1.807) is 0 Å². The summed E-state index contributed by atoms with van der Waals surface area (Å²) in [6.07, 6.45) is 3.89. The average Bonchev–Trinajstić information content (AvgIpc) is 2.94. The van der Waals surface area contributed by atoms with Crippen LogP contribution in [0.15, 0.2) is 47.6 Å². The number of phenolic OH excluding ortho intramolecular Hbond substituents is 1. The fourth-order valence-electron chi connectivity index (χ4n) is 5.49. The largest absolute Gasteiger partial charge is 0.508 e. The van der Waals surface area contributed by atoms with Crippen LogP contribution in [0.2, 0.25) is 0 Å². The number of hydrogen-bond acceptors (Lipinski definition) is 6. The van der Waals surface area contributed by atoms with Crippen LogP contribution in [0, 0.1) is 17.3 Å². The van der Waals surface area contributed by atoms with E-state index in [0.717, 1.165) is 11.1 Å². The Hall–Kier alpha value is -2.60. The van der Waals surface area contributed by atoms with E-state index in [9.17, 15) is 19.8 Å². The van der Waals surface area contributed by atoms with Gasteiger partial charge in [-0.2, -0.15) is 0 Å². The van der Waals surface area contributed by atoms with Crippen molar-refractivity contribution in [3.05, 3.63) is 53.1 Å². The van der Waals surface area contributed by atoms with Gasteiger partial charge < -0.3 is 19.7 Å². The average molecular weight is 457 g/mol. The Morgan fingerprint density at radius 2 is 1.76 bits per heavy atom. The summed E-state index contributed by atoms with van der Waals surface area (Å²) >= 11 is 0. The van der Waals surface area contributed by atoms with Crippen molar-refractivity contribution in [3.63, 3.8) is 0 Å². The molecule has 0 bridgehead atoms. The summed E-state index contributed by atoms with van der Waals surface area (Å²) < 4.78 is 12.0. The number of carbonyl (C=O) groups is 2. The van der Waals surface area contributed by atoms with Crippen LogP contribution in [0.25, 0.3) is 0 Å². The number of carbonyl (C=O) groups excluding carboxylic acids is 2. The Balaban J connectivity index is 2.00. The van der Waals surface area contributed by atoms with Gasteiger partial charge >= 0.3 is 11.9 Å². The lowest BCUT2D eigenvalue weighted by Gasteiger charge is -2.45. The molecule has 0 heterocycles. The molecule has 5 unspecified atom stereocenters. The molecule has 2 aliphatic rings. The van der Waals surface area contributed by atoms with Crippen LogP contribution in [0.3, 0.4) is 0 Å². The first-order valence-corrected chi connectivity index (χ1v) is 11.6. The van der Waals surface area contributed by atoms with E-state index in [-0.39, 0.29) is 11.7 Å². The molecule has 0 aliphatic heterocycles. The number of rotatable bonds is 5. The summed E-state index contributed by atoms with van der Waals surface area (Å²) in [6, 6.07) is 5.92. The molecular weight excluding hydrogens is 420 g/mol. The molecule has 2 N–H and O–H groups in total. The maximum atomic E-state index is 13.0. The van der Waals surface area contributed by atoms with Crippen LogP contribution in [0.1, 0.15) is 71.2 Å². The lowest BCUT2D eigenvalue weighted by molar-refractivity contribution is -0.158. The van der Waals surface area contributed by atoms with Crippen molar-refractivity contribution in [2.45, 2.75) is 78.6 Å². The predicted molar refractivity (Wildman–Crippen MR) is 126 cm³/mol. The van der Waals surface area contributed by atoms with Crippen molar-refractivity contribution in [3.8, 4) is 5.75 Å².